The van der Waals surface area contributed by atoms with Gasteiger partial charge >= 0.3 is 5.97 Å². The van der Waals surface area contributed by atoms with Gasteiger partial charge in [-0.3, -0.25) is 4.79 Å². The van der Waals surface area contributed by atoms with Gasteiger partial charge in [0.05, 0.1) is 12.7 Å². The summed E-state index contributed by atoms with van der Waals surface area (Å²) in [5, 5.41) is 0. The normalized spacial score (nSPS) is 31.0. The Bertz CT molecular complexity index is 305. The first-order valence-corrected chi connectivity index (χ1v) is 8.29. The summed E-state index contributed by atoms with van der Waals surface area (Å²) in [5.74, 6) is 2.28. The Morgan fingerprint density at radius 3 is 3.11 bits per heavy atom. The Hall–Kier alpha value is -0.260. The number of esters is 1. The minimum absolute atomic E-state index is 0.107. The van der Waals surface area contributed by atoms with Gasteiger partial charge in [0, 0.05) is 24.8 Å². The molecule has 2 heterocycles. The van der Waals surface area contributed by atoms with E-state index in [0.29, 0.717) is 12.5 Å². The summed E-state index contributed by atoms with van der Waals surface area (Å²) >= 11 is 2.01. The fraction of sp³-hybridized carbons (Fsp3) is 0.929. The van der Waals surface area contributed by atoms with Gasteiger partial charge in [-0.1, -0.05) is 0 Å². The molecule has 19 heavy (non-hydrogen) atoms. The lowest BCUT2D eigenvalue weighted by atomic mass is 9.89. The molecule has 0 amide bonds. The zero-order valence-electron chi connectivity index (χ0n) is 12.0. The van der Waals surface area contributed by atoms with Crippen molar-refractivity contribution in [3.05, 3.63) is 0 Å². The molecule has 2 aliphatic heterocycles. The second-order valence-corrected chi connectivity index (χ2v) is 6.75. The average Bonchev–Trinajstić information content (AvgIpc) is 2.86. The maximum absolute atomic E-state index is 11.1. The Morgan fingerprint density at radius 1 is 1.58 bits per heavy atom. The van der Waals surface area contributed by atoms with Crippen molar-refractivity contribution in [3.8, 4) is 0 Å². The molecule has 0 saturated carbocycles. The standard InChI is InChI=1S/C14H25NO3S/c1-15(7-3-4-13(16)17-2)12-5-8-18-14(10-12)6-9-19-11-14/h12H,3-11H2,1-2H3. The van der Waals surface area contributed by atoms with Crippen molar-refractivity contribution in [2.75, 3.05) is 38.8 Å². The summed E-state index contributed by atoms with van der Waals surface area (Å²) in [5.41, 5.74) is 0.143. The summed E-state index contributed by atoms with van der Waals surface area (Å²) in [4.78, 5) is 13.5. The Labute approximate surface area is 120 Å². The van der Waals surface area contributed by atoms with E-state index in [9.17, 15) is 4.79 Å². The summed E-state index contributed by atoms with van der Waals surface area (Å²) in [6.07, 6.45) is 4.85. The van der Waals surface area contributed by atoms with E-state index in [1.807, 2.05) is 11.8 Å². The number of ether oxygens (including phenoxy) is 2. The van der Waals surface area contributed by atoms with Gasteiger partial charge in [-0.05, 0) is 45.0 Å². The van der Waals surface area contributed by atoms with Gasteiger partial charge in [-0.15, -0.1) is 0 Å². The van der Waals surface area contributed by atoms with Crippen molar-refractivity contribution in [1.29, 1.82) is 0 Å². The molecule has 0 radical (unpaired) electrons. The van der Waals surface area contributed by atoms with E-state index in [-0.39, 0.29) is 11.6 Å². The highest BCUT2D eigenvalue weighted by molar-refractivity contribution is 7.99. The fourth-order valence-electron chi connectivity index (χ4n) is 3.00. The lowest BCUT2D eigenvalue weighted by Gasteiger charge is -2.41. The van der Waals surface area contributed by atoms with Crippen LogP contribution in [0.5, 0.6) is 0 Å². The molecule has 2 saturated heterocycles. The first-order chi connectivity index (χ1) is 9.15. The number of carbonyl (C=O) groups excluding carboxylic acids is 1. The Morgan fingerprint density at radius 2 is 2.42 bits per heavy atom. The minimum atomic E-state index is -0.107. The maximum atomic E-state index is 11.1. The van der Waals surface area contributed by atoms with Crippen LogP contribution in [-0.4, -0.2) is 61.3 Å². The van der Waals surface area contributed by atoms with Crippen LogP contribution < -0.4 is 0 Å². The van der Waals surface area contributed by atoms with Crippen LogP contribution in [-0.2, 0) is 14.3 Å². The predicted octanol–water partition coefficient (Wildman–Crippen LogP) is 1.93. The maximum Gasteiger partial charge on any atom is 0.305 e. The smallest absolute Gasteiger partial charge is 0.305 e. The second-order valence-electron chi connectivity index (χ2n) is 5.64. The summed E-state index contributed by atoms with van der Waals surface area (Å²) < 4.78 is 10.7. The van der Waals surface area contributed by atoms with Crippen molar-refractivity contribution in [2.45, 2.75) is 43.7 Å². The number of thioether (sulfide) groups is 1. The number of rotatable bonds is 5. The molecule has 2 aliphatic rings. The predicted molar refractivity (Wildman–Crippen MR) is 77.5 cm³/mol. The molecule has 4 nitrogen and oxygen atoms in total. The summed E-state index contributed by atoms with van der Waals surface area (Å²) in [6.45, 7) is 1.84. The molecule has 0 aromatic heterocycles. The quantitative estimate of drug-likeness (QED) is 0.722. The molecular weight excluding hydrogens is 262 g/mol. The highest BCUT2D eigenvalue weighted by Crippen LogP contribution is 2.39. The largest absolute Gasteiger partial charge is 0.469 e. The van der Waals surface area contributed by atoms with Crippen LogP contribution in [0.25, 0.3) is 0 Å². The number of carbonyl (C=O) groups is 1. The van der Waals surface area contributed by atoms with Crippen molar-refractivity contribution >= 4 is 17.7 Å². The van der Waals surface area contributed by atoms with Gasteiger partial charge in [0.1, 0.15) is 0 Å². The van der Waals surface area contributed by atoms with Crippen molar-refractivity contribution in [1.82, 2.24) is 4.90 Å². The molecule has 2 fully saturated rings. The zero-order valence-corrected chi connectivity index (χ0v) is 12.8. The topological polar surface area (TPSA) is 38.8 Å². The Kier molecular flexibility index (Phi) is 5.54. The summed E-state index contributed by atoms with van der Waals surface area (Å²) in [6, 6.07) is 0.602. The average molecular weight is 287 g/mol. The van der Waals surface area contributed by atoms with Gasteiger partial charge in [-0.2, -0.15) is 11.8 Å². The molecule has 2 unspecified atom stereocenters. The molecule has 0 aliphatic carbocycles. The SMILES string of the molecule is COC(=O)CCCN(C)C1CCOC2(CCSC2)C1. The number of methoxy groups -OCH3 is 1. The number of hydrogen-bond donors (Lipinski definition) is 0. The van der Waals surface area contributed by atoms with E-state index >= 15 is 0 Å². The monoisotopic (exact) mass is 287 g/mol. The van der Waals surface area contributed by atoms with Crippen LogP contribution in [0, 0.1) is 0 Å². The molecule has 1 spiro atoms. The van der Waals surface area contributed by atoms with Gasteiger partial charge in [0.2, 0.25) is 0 Å². The van der Waals surface area contributed by atoms with Crippen molar-refractivity contribution in [2.24, 2.45) is 0 Å². The van der Waals surface area contributed by atoms with Gasteiger partial charge in [0.15, 0.2) is 0 Å². The van der Waals surface area contributed by atoms with E-state index in [4.69, 9.17) is 4.74 Å². The van der Waals surface area contributed by atoms with Crippen LogP contribution in [0.3, 0.4) is 0 Å². The zero-order chi connectivity index (χ0) is 13.7. The van der Waals surface area contributed by atoms with Crippen LogP contribution in [0.15, 0.2) is 0 Å². The lowest BCUT2D eigenvalue weighted by molar-refractivity contribution is -0.140. The highest BCUT2D eigenvalue weighted by atomic mass is 32.2. The third kappa shape index (κ3) is 4.10. The molecule has 0 aromatic rings. The second kappa shape index (κ2) is 6.95. The molecular formula is C14H25NO3S. The van der Waals surface area contributed by atoms with Crippen LogP contribution in [0.1, 0.15) is 32.1 Å². The first kappa shape index (κ1) is 15.1. The van der Waals surface area contributed by atoms with E-state index in [0.717, 1.165) is 38.2 Å². The van der Waals surface area contributed by atoms with E-state index < -0.39 is 0 Å². The molecule has 2 atom stereocenters. The summed E-state index contributed by atoms with van der Waals surface area (Å²) in [7, 11) is 3.62. The van der Waals surface area contributed by atoms with Crippen molar-refractivity contribution < 1.29 is 14.3 Å². The molecule has 5 heteroatoms. The van der Waals surface area contributed by atoms with Crippen LogP contribution >= 0.6 is 11.8 Å². The van der Waals surface area contributed by atoms with E-state index in [2.05, 4.69) is 16.7 Å². The lowest BCUT2D eigenvalue weighted by Crippen LogP contribution is -2.48. The highest BCUT2D eigenvalue weighted by Gasteiger charge is 2.41. The molecule has 0 N–H and O–H groups in total. The number of nitrogens with zero attached hydrogens (tertiary/aromatic N) is 1. The molecule has 0 bridgehead atoms. The van der Waals surface area contributed by atoms with Crippen molar-refractivity contribution in [3.63, 3.8) is 0 Å². The van der Waals surface area contributed by atoms with E-state index in [1.54, 1.807) is 0 Å². The molecule has 2 rings (SSSR count). The minimum Gasteiger partial charge on any atom is -0.469 e. The third-order valence-electron chi connectivity index (χ3n) is 4.28. The van der Waals surface area contributed by atoms with Gasteiger partial charge in [-0.25, -0.2) is 0 Å². The first-order valence-electron chi connectivity index (χ1n) is 7.14. The Balaban J connectivity index is 1.75. The van der Waals surface area contributed by atoms with Gasteiger partial charge in [0.25, 0.3) is 0 Å². The van der Waals surface area contributed by atoms with Crippen LogP contribution in [0.4, 0.5) is 0 Å². The van der Waals surface area contributed by atoms with Crippen LogP contribution in [0.2, 0.25) is 0 Å². The fourth-order valence-corrected chi connectivity index (χ4v) is 4.38. The molecule has 110 valence electrons. The molecule has 0 aromatic carbocycles. The number of hydrogen-bond acceptors (Lipinski definition) is 5. The van der Waals surface area contributed by atoms with Gasteiger partial charge < -0.3 is 14.4 Å². The third-order valence-corrected chi connectivity index (χ3v) is 5.50. The van der Waals surface area contributed by atoms with E-state index in [1.165, 1.54) is 19.3 Å².